The summed E-state index contributed by atoms with van der Waals surface area (Å²) in [4.78, 5) is 4.14. The molecule has 1 aliphatic rings. The van der Waals surface area contributed by atoms with Crippen LogP contribution >= 0.6 is 0 Å². The first-order valence-electron chi connectivity index (χ1n) is 5.12. The van der Waals surface area contributed by atoms with Gasteiger partial charge in [0.1, 0.15) is 0 Å². The van der Waals surface area contributed by atoms with Crippen LogP contribution in [0.4, 0.5) is 0 Å². The van der Waals surface area contributed by atoms with E-state index >= 15 is 0 Å². The summed E-state index contributed by atoms with van der Waals surface area (Å²) < 4.78 is 0. The number of nitrogens with two attached hydrogens (primary N) is 1. The molecule has 1 aliphatic carbocycles. The molecule has 0 aromatic heterocycles. The van der Waals surface area contributed by atoms with Crippen molar-refractivity contribution in [3.63, 3.8) is 0 Å². The zero-order valence-corrected chi connectivity index (χ0v) is 8.93. The molecule has 76 valence electrons. The average molecular weight is 183 g/mol. The van der Waals surface area contributed by atoms with Crippen LogP contribution in [0.5, 0.6) is 0 Å². The van der Waals surface area contributed by atoms with Gasteiger partial charge in [-0.25, -0.2) is 0 Å². The first kappa shape index (κ1) is 10.4. The van der Waals surface area contributed by atoms with E-state index in [1.165, 1.54) is 19.3 Å². The molecule has 13 heavy (non-hydrogen) atoms. The summed E-state index contributed by atoms with van der Waals surface area (Å²) in [6, 6.07) is 0.503. The minimum absolute atomic E-state index is 0.369. The molecule has 0 saturated heterocycles. The maximum absolute atomic E-state index is 5.72. The van der Waals surface area contributed by atoms with Gasteiger partial charge in [0.05, 0.1) is 0 Å². The minimum atomic E-state index is 0.369. The number of hydrogen-bond acceptors (Lipinski definition) is 1. The largest absolute Gasteiger partial charge is 0.370 e. The SMILES string of the molecule is CCN=C(N)NC1CCCC1(C)C. The molecular weight excluding hydrogens is 162 g/mol. The number of guanidine groups is 1. The van der Waals surface area contributed by atoms with Gasteiger partial charge in [0, 0.05) is 12.6 Å². The highest BCUT2D eigenvalue weighted by molar-refractivity contribution is 5.78. The summed E-state index contributed by atoms with van der Waals surface area (Å²) in [6.07, 6.45) is 3.79. The second-order valence-corrected chi connectivity index (χ2v) is 4.44. The Labute approximate surface area is 80.8 Å². The van der Waals surface area contributed by atoms with Gasteiger partial charge in [-0.15, -0.1) is 0 Å². The number of nitrogens with zero attached hydrogens (tertiary/aromatic N) is 1. The summed E-state index contributed by atoms with van der Waals surface area (Å²) in [7, 11) is 0. The molecule has 3 heteroatoms. The Morgan fingerprint density at radius 2 is 2.31 bits per heavy atom. The highest BCUT2D eigenvalue weighted by Crippen LogP contribution is 2.36. The highest BCUT2D eigenvalue weighted by Gasteiger charge is 2.34. The molecule has 0 radical (unpaired) electrons. The van der Waals surface area contributed by atoms with Gasteiger partial charge in [-0.05, 0) is 25.2 Å². The Morgan fingerprint density at radius 1 is 1.62 bits per heavy atom. The number of aliphatic imine (C=N–C) groups is 1. The molecule has 1 saturated carbocycles. The maximum atomic E-state index is 5.72. The quantitative estimate of drug-likeness (QED) is 0.503. The van der Waals surface area contributed by atoms with Crippen molar-refractivity contribution in [1.82, 2.24) is 5.32 Å². The van der Waals surface area contributed by atoms with Gasteiger partial charge < -0.3 is 11.1 Å². The molecule has 1 fully saturated rings. The van der Waals surface area contributed by atoms with Gasteiger partial charge in [-0.2, -0.15) is 0 Å². The summed E-state index contributed by atoms with van der Waals surface area (Å²) in [6.45, 7) is 7.33. The van der Waals surface area contributed by atoms with Gasteiger partial charge >= 0.3 is 0 Å². The maximum Gasteiger partial charge on any atom is 0.188 e. The van der Waals surface area contributed by atoms with Crippen LogP contribution in [0.2, 0.25) is 0 Å². The van der Waals surface area contributed by atoms with Crippen molar-refractivity contribution in [2.24, 2.45) is 16.1 Å². The van der Waals surface area contributed by atoms with Crippen LogP contribution in [0, 0.1) is 5.41 Å². The van der Waals surface area contributed by atoms with Crippen molar-refractivity contribution >= 4 is 5.96 Å². The van der Waals surface area contributed by atoms with Gasteiger partial charge in [-0.3, -0.25) is 4.99 Å². The smallest absolute Gasteiger partial charge is 0.188 e. The Morgan fingerprint density at radius 3 is 2.77 bits per heavy atom. The molecule has 0 heterocycles. The van der Waals surface area contributed by atoms with Crippen LogP contribution in [-0.4, -0.2) is 18.5 Å². The first-order valence-corrected chi connectivity index (χ1v) is 5.12. The van der Waals surface area contributed by atoms with Crippen LogP contribution in [0.25, 0.3) is 0 Å². The molecule has 0 amide bonds. The summed E-state index contributed by atoms with van der Waals surface area (Å²) in [5, 5.41) is 3.30. The van der Waals surface area contributed by atoms with Crippen molar-refractivity contribution in [1.29, 1.82) is 0 Å². The van der Waals surface area contributed by atoms with E-state index in [1.807, 2.05) is 6.92 Å². The second kappa shape index (κ2) is 3.99. The molecular formula is C10H21N3. The molecule has 0 aromatic carbocycles. The van der Waals surface area contributed by atoms with E-state index in [0.29, 0.717) is 17.4 Å². The molecule has 0 bridgehead atoms. The zero-order chi connectivity index (χ0) is 9.90. The normalized spacial score (nSPS) is 27.6. The predicted octanol–water partition coefficient (Wildman–Crippen LogP) is 1.49. The molecule has 0 aliphatic heterocycles. The number of rotatable bonds is 2. The van der Waals surface area contributed by atoms with E-state index in [9.17, 15) is 0 Å². The van der Waals surface area contributed by atoms with Crippen molar-refractivity contribution in [3.05, 3.63) is 0 Å². The van der Waals surface area contributed by atoms with Gasteiger partial charge in [0.25, 0.3) is 0 Å². The fraction of sp³-hybridized carbons (Fsp3) is 0.900. The summed E-state index contributed by atoms with van der Waals surface area (Å²) >= 11 is 0. The van der Waals surface area contributed by atoms with Crippen LogP contribution < -0.4 is 11.1 Å². The average Bonchev–Trinajstić information content (AvgIpc) is 2.31. The van der Waals surface area contributed by atoms with Crippen molar-refractivity contribution in [2.75, 3.05) is 6.54 Å². The highest BCUT2D eigenvalue weighted by atomic mass is 15.1. The van der Waals surface area contributed by atoms with Crippen LogP contribution in [0.15, 0.2) is 4.99 Å². The minimum Gasteiger partial charge on any atom is -0.370 e. The summed E-state index contributed by atoms with van der Waals surface area (Å²) in [5.74, 6) is 0.600. The molecule has 3 nitrogen and oxygen atoms in total. The lowest BCUT2D eigenvalue weighted by atomic mass is 9.87. The molecule has 1 rings (SSSR count). The van der Waals surface area contributed by atoms with Crippen molar-refractivity contribution < 1.29 is 0 Å². The molecule has 1 unspecified atom stereocenters. The lowest BCUT2D eigenvalue weighted by Crippen LogP contribution is -2.45. The van der Waals surface area contributed by atoms with Gasteiger partial charge in [0.2, 0.25) is 0 Å². The summed E-state index contributed by atoms with van der Waals surface area (Å²) in [5.41, 5.74) is 6.09. The van der Waals surface area contributed by atoms with Crippen molar-refractivity contribution in [3.8, 4) is 0 Å². The topological polar surface area (TPSA) is 50.4 Å². The van der Waals surface area contributed by atoms with E-state index in [0.717, 1.165) is 6.54 Å². The third-order valence-corrected chi connectivity index (χ3v) is 2.91. The fourth-order valence-corrected chi connectivity index (χ4v) is 1.99. The van der Waals surface area contributed by atoms with E-state index in [2.05, 4.69) is 24.2 Å². The predicted molar refractivity (Wildman–Crippen MR) is 56.7 cm³/mol. The van der Waals surface area contributed by atoms with E-state index < -0.39 is 0 Å². The second-order valence-electron chi connectivity index (χ2n) is 4.44. The lowest BCUT2D eigenvalue weighted by Gasteiger charge is -2.28. The van der Waals surface area contributed by atoms with Crippen LogP contribution in [-0.2, 0) is 0 Å². The Kier molecular flexibility index (Phi) is 3.17. The van der Waals surface area contributed by atoms with Crippen molar-refractivity contribution in [2.45, 2.75) is 46.1 Å². The fourth-order valence-electron chi connectivity index (χ4n) is 1.99. The van der Waals surface area contributed by atoms with Crippen LogP contribution in [0.3, 0.4) is 0 Å². The van der Waals surface area contributed by atoms with Gasteiger partial charge in [0.15, 0.2) is 5.96 Å². The number of hydrogen-bond donors (Lipinski definition) is 2. The molecule has 1 atom stereocenters. The first-order chi connectivity index (χ1) is 6.06. The zero-order valence-electron chi connectivity index (χ0n) is 8.93. The van der Waals surface area contributed by atoms with E-state index in [-0.39, 0.29) is 0 Å². The van der Waals surface area contributed by atoms with E-state index in [1.54, 1.807) is 0 Å². The van der Waals surface area contributed by atoms with E-state index in [4.69, 9.17) is 5.73 Å². The van der Waals surface area contributed by atoms with Gasteiger partial charge in [-0.1, -0.05) is 20.3 Å². The monoisotopic (exact) mass is 183 g/mol. The molecule has 0 spiro atoms. The third kappa shape index (κ3) is 2.61. The third-order valence-electron chi connectivity index (χ3n) is 2.91. The molecule has 3 N–H and O–H groups in total. The number of nitrogens with one attached hydrogen (secondary N) is 1. The molecule has 0 aromatic rings. The lowest BCUT2D eigenvalue weighted by molar-refractivity contribution is 0.310. The standard InChI is InChI=1S/C10H21N3/c1-4-12-9(11)13-8-6-5-7-10(8,2)3/h8H,4-7H2,1-3H3,(H3,11,12,13). The Hall–Kier alpha value is -0.730. The Balaban J connectivity index is 2.49. The van der Waals surface area contributed by atoms with Crippen LogP contribution in [0.1, 0.15) is 40.0 Å². The Bertz CT molecular complexity index is 196.